The van der Waals surface area contributed by atoms with Crippen molar-refractivity contribution >= 4 is 0 Å². The summed E-state index contributed by atoms with van der Waals surface area (Å²) in [5, 5.41) is 19.6. The van der Waals surface area contributed by atoms with Crippen LogP contribution in [0.25, 0.3) is 0 Å². The topological polar surface area (TPSA) is 58.9 Å². The first-order chi connectivity index (χ1) is 8.16. The third kappa shape index (κ3) is 4.92. The molecule has 1 saturated heterocycles. The Morgan fingerprint density at radius 1 is 1.35 bits per heavy atom. The Morgan fingerprint density at radius 3 is 2.71 bits per heavy atom. The molecular weight excluding hydrogens is 220 g/mol. The summed E-state index contributed by atoms with van der Waals surface area (Å²) in [4.78, 5) is 0. The highest BCUT2D eigenvalue weighted by Gasteiger charge is 2.37. The molecule has 0 bridgehead atoms. The minimum Gasteiger partial charge on any atom is -0.390 e. The van der Waals surface area contributed by atoms with E-state index in [0.717, 1.165) is 6.42 Å². The first-order valence-corrected chi connectivity index (χ1v) is 6.72. The van der Waals surface area contributed by atoms with E-state index in [4.69, 9.17) is 9.47 Å². The van der Waals surface area contributed by atoms with E-state index in [9.17, 15) is 10.2 Å². The van der Waals surface area contributed by atoms with Crippen molar-refractivity contribution in [1.29, 1.82) is 0 Å². The Hall–Kier alpha value is -0.160. The summed E-state index contributed by atoms with van der Waals surface area (Å²) >= 11 is 0. The molecule has 1 rings (SSSR count). The zero-order valence-electron chi connectivity index (χ0n) is 11.0. The maximum Gasteiger partial charge on any atom is 0.112 e. The minimum absolute atomic E-state index is 0.0965. The maximum atomic E-state index is 9.83. The van der Waals surface area contributed by atoms with Crippen LogP contribution in [0.2, 0.25) is 0 Å². The van der Waals surface area contributed by atoms with Gasteiger partial charge in [0.2, 0.25) is 0 Å². The first kappa shape index (κ1) is 14.9. The van der Waals surface area contributed by atoms with Gasteiger partial charge in [-0.15, -0.1) is 0 Å². The fourth-order valence-electron chi connectivity index (χ4n) is 2.05. The number of rotatable bonds is 8. The van der Waals surface area contributed by atoms with Gasteiger partial charge in [0.1, 0.15) is 12.2 Å². The van der Waals surface area contributed by atoms with Gasteiger partial charge in [0.25, 0.3) is 0 Å². The van der Waals surface area contributed by atoms with Crippen molar-refractivity contribution in [1.82, 2.24) is 0 Å². The van der Waals surface area contributed by atoms with E-state index >= 15 is 0 Å². The molecule has 0 aromatic heterocycles. The Bertz CT molecular complexity index is 198. The average molecular weight is 246 g/mol. The minimum atomic E-state index is -0.721. The summed E-state index contributed by atoms with van der Waals surface area (Å²) < 4.78 is 10.8. The second kappa shape index (κ2) is 8.03. The smallest absolute Gasteiger partial charge is 0.112 e. The summed E-state index contributed by atoms with van der Waals surface area (Å²) in [5.41, 5.74) is 0. The van der Waals surface area contributed by atoms with Gasteiger partial charge in [-0.2, -0.15) is 0 Å². The molecule has 2 N–H and O–H groups in total. The van der Waals surface area contributed by atoms with E-state index < -0.39 is 18.3 Å². The van der Waals surface area contributed by atoms with Gasteiger partial charge in [-0.25, -0.2) is 0 Å². The van der Waals surface area contributed by atoms with Crippen molar-refractivity contribution in [2.75, 3.05) is 19.8 Å². The first-order valence-electron chi connectivity index (χ1n) is 6.72. The largest absolute Gasteiger partial charge is 0.390 e. The highest BCUT2D eigenvalue weighted by atomic mass is 16.5. The van der Waals surface area contributed by atoms with Crippen LogP contribution in [-0.2, 0) is 9.47 Å². The normalized spacial score (nSPS) is 30.7. The number of aliphatic hydroxyl groups is 2. The lowest BCUT2D eigenvalue weighted by molar-refractivity contribution is -0.0791. The predicted octanol–water partition coefficient (Wildman–Crippen LogP) is 1.34. The fourth-order valence-corrected chi connectivity index (χ4v) is 2.05. The monoisotopic (exact) mass is 246 g/mol. The highest BCUT2D eigenvalue weighted by molar-refractivity contribution is 4.85. The SMILES string of the molecule is CCCCCCOCC(O)C1OCC(C)C1O. The molecule has 4 heteroatoms. The van der Waals surface area contributed by atoms with E-state index in [0.29, 0.717) is 13.2 Å². The fraction of sp³-hybridized carbons (Fsp3) is 1.00. The number of aliphatic hydroxyl groups excluding tert-OH is 2. The second-order valence-corrected chi connectivity index (χ2v) is 4.97. The number of hydrogen-bond donors (Lipinski definition) is 2. The zero-order chi connectivity index (χ0) is 12.7. The molecule has 4 unspecified atom stereocenters. The van der Waals surface area contributed by atoms with Gasteiger partial charge in [0.05, 0.1) is 19.3 Å². The Kier molecular flexibility index (Phi) is 7.04. The van der Waals surface area contributed by atoms with Crippen LogP contribution in [0.15, 0.2) is 0 Å². The Balaban J connectivity index is 2.07. The molecule has 17 heavy (non-hydrogen) atoms. The molecule has 0 spiro atoms. The van der Waals surface area contributed by atoms with Crippen molar-refractivity contribution in [2.24, 2.45) is 5.92 Å². The standard InChI is InChI=1S/C13H26O4/c1-3-4-5-6-7-16-9-11(14)13-12(15)10(2)8-17-13/h10-15H,3-9H2,1-2H3. The summed E-state index contributed by atoms with van der Waals surface area (Å²) in [7, 11) is 0. The van der Waals surface area contributed by atoms with Gasteiger partial charge < -0.3 is 19.7 Å². The summed E-state index contributed by atoms with van der Waals surface area (Å²) in [6.07, 6.45) is 2.86. The van der Waals surface area contributed by atoms with Crippen molar-refractivity contribution in [3.8, 4) is 0 Å². The van der Waals surface area contributed by atoms with Gasteiger partial charge in [-0.05, 0) is 6.42 Å². The van der Waals surface area contributed by atoms with E-state index in [1.54, 1.807) is 0 Å². The molecule has 4 nitrogen and oxygen atoms in total. The molecule has 0 radical (unpaired) electrons. The van der Waals surface area contributed by atoms with Crippen LogP contribution in [0.5, 0.6) is 0 Å². The molecule has 4 atom stereocenters. The second-order valence-electron chi connectivity index (χ2n) is 4.97. The van der Waals surface area contributed by atoms with Gasteiger partial charge >= 0.3 is 0 Å². The van der Waals surface area contributed by atoms with Gasteiger partial charge in [-0.1, -0.05) is 33.1 Å². The predicted molar refractivity (Wildman–Crippen MR) is 65.9 cm³/mol. The highest BCUT2D eigenvalue weighted by Crippen LogP contribution is 2.22. The van der Waals surface area contributed by atoms with Crippen LogP contribution >= 0.6 is 0 Å². The van der Waals surface area contributed by atoms with E-state index in [2.05, 4.69) is 6.92 Å². The summed E-state index contributed by atoms with van der Waals surface area (Å²) in [6, 6.07) is 0. The van der Waals surface area contributed by atoms with Gasteiger partial charge in [0, 0.05) is 12.5 Å². The molecule has 0 aliphatic carbocycles. The maximum absolute atomic E-state index is 9.83. The number of hydrogen-bond acceptors (Lipinski definition) is 4. The molecule has 0 amide bonds. The van der Waals surface area contributed by atoms with Gasteiger partial charge in [0.15, 0.2) is 0 Å². The van der Waals surface area contributed by atoms with Crippen LogP contribution in [0.1, 0.15) is 39.5 Å². The quantitative estimate of drug-likeness (QED) is 0.635. The molecule has 1 aliphatic heterocycles. The van der Waals surface area contributed by atoms with Crippen LogP contribution < -0.4 is 0 Å². The molecule has 0 saturated carbocycles. The Labute approximate surface area is 104 Å². The average Bonchev–Trinajstić information content (AvgIpc) is 2.64. The van der Waals surface area contributed by atoms with Crippen molar-refractivity contribution in [3.63, 3.8) is 0 Å². The number of unbranched alkanes of at least 4 members (excludes halogenated alkanes) is 3. The zero-order valence-corrected chi connectivity index (χ0v) is 11.0. The van der Waals surface area contributed by atoms with Crippen LogP contribution in [-0.4, -0.2) is 48.3 Å². The third-order valence-electron chi connectivity index (χ3n) is 3.28. The molecule has 0 aromatic rings. The van der Waals surface area contributed by atoms with E-state index in [1.165, 1.54) is 19.3 Å². The third-order valence-corrected chi connectivity index (χ3v) is 3.28. The van der Waals surface area contributed by atoms with Crippen LogP contribution in [0, 0.1) is 5.92 Å². The number of ether oxygens (including phenoxy) is 2. The molecule has 1 aliphatic rings. The Morgan fingerprint density at radius 2 is 2.12 bits per heavy atom. The van der Waals surface area contributed by atoms with Crippen molar-refractivity contribution in [3.05, 3.63) is 0 Å². The lowest BCUT2D eigenvalue weighted by Gasteiger charge is -2.21. The van der Waals surface area contributed by atoms with Crippen molar-refractivity contribution in [2.45, 2.75) is 57.8 Å². The lowest BCUT2D eigenvalue weighted by atomic mass is 10.0. The molecular formula is C13H26O4. The molecule has 0 aromatic carbocycles. The van der Waals surface area contributed by atoms with Crippen LogP contribution in [0.4, 0.5) is 0 Å². The summed E-state index contributed by atoms with van der Waals surface area (Å²) in [5.74, 6) is 0.0965. The lowest BCUT2D eigenvalue weighted by Crippen LogP contribution is -2.39. The summed E-state index contributed by atoms with van der Waals surface area (Å²) in [6.45, 7) is 5.53. The molecule has 1 fully saturated rings. The van der Waals surface area contributed by atoms with Crippen LogP contribution in [0.3, 0.4) is 0 Å². The van der Waals surface area contributed by atoms with E-state index in [1.807, 2.05) is 6.92 Å². The molecule has 1 heterocycles. The molecule has 102 valence electrons. The van der Waals surface area contributed by atoms with E-state index in [-0.39, 0.29) is 12.5 Å². The van der Waals surface area contributed by atoms with Gasteiger partial charge in [-0.3, -0.25) is 0 Å². The van der Waals surface area contributed by atoms with Crippen molar-refractivity contribution < 1.29 is 19.7 Å².